The van der Waals surface area contributed by atoms with Gasteiger partial charge in [0.2, 0.25) is 0 Å². The lowest BCUT2D eigenvalue weighted by molar-refractivity contribution is 0.0697. The highest BCUT2D eigenvalue weighted by atomic mass is 16.4. The van der Waals surface area contributed by atoms with Crippen molar-refractivity contribution in [2.24, 2.45) is 0 Å². The molecule has 0 fully saturated rings. The minimum absolute atomic E-state index is 0.254. The maximum absolute atomic E-state index is 10.8. The highest BCUT2D eigenvalue weighted by Gasteiger charge is 2.14. The van der Waals surface area contributed by atoms with Gasteiger partial charge in [-0.2, -0.15) is 5.10 Å². The number of aromatic carboxylic acids is 1. The maximum atomic E-state index is 10.8. The number of carbonyl (C=O) groups is 1. The predicted molar refractivity (Wildman–Crippen MR) is 81.2 cm³/mol. The van der Waals surface area contributed by atoms with E-state index in [1.54, 1.807) is 12.1 Å². The summed E-state index contributed by atoms with van der Waals surface area (Å²) in [7, 11) is 2.05. The van der Waals surface area contributed by atoms with Crippen molar-refractivity contribution in [3.8, 4) is 0 Å². The van der Waals surface area contributed by atoms with Crippen molar-refractivity contribution < 1.29 is 9.90 Å². The molecule has 1 heterocycles. The van der Waals surface area contributed by atoms with Crippen LogP contribution in [0.2, 0.25) is 0 Å². The molecular weight excluding hydrogens is 266 g/mol. The number of aryl methyl sites for hydroxylation is 1. The van der Waals surface area contributed by atoms with Gasteiger partial charge in [-0.05, 0) is 38.6 Å². The Labute approximate surface area is 124 Å². The standard InChI is InChI=1S/C16H21N3O2/c1-4-19-11-15(9-17-19)12(2)18(3)10-13-5-7-14(8-6-13)16(20)21/h5-9,11-12H,4,10H2,1-3H3,(H,20,21). The van der Waals surface area contributed by atoms with Crippen molar-refractivity contribution in [2.75, 3.05) is 7.05 Å². The number of benzene rings is 1. The van der Waals surface area contributed by atoms with Crippen molar-refractivity contribution >= 4 is 5.97 Å². The van der Waals surface area contributed by atoms with E-state index in [2.05, 4.69) is 37.1 Å². The van der Waals surface area contributed by atoms with Crippen LogP contribution in [0.1, 0.15) is 41.4 Å². The number of rotatable bonds is 6. The van der Waals surface area contributed by atoms with E-state index >= 15 is 0 Å². The van der Waals surface area contributed by atoms with Crippen LogP contribution in [-0.4, -0.2) is 32.8 Å². The molecule has 0 radical (unpaired) electrons. The van der Waals surface area contributed by atoms with Crippen molar-refractivity contribution in [3.63, 3.8) is 0 Å². The third-order valence-corrected chi connectivity index (χ3v) is 3.75. The van der Waals surface area contributed by atoms with Gasteiger partial charge in [0.25, 0.3) is 0 Å². The molecule has 2 rings (SSSR count). The summed E-state index contributed by atoms with van der Waals surface area (Å²) in [4.78, 5) is 13.1. The summed E-state index contributed by atoms with van der Waals surface area (Å²) in [6.45, 7) is 5.84. The molecule has 0 amide bonds. The zero-order chi connectivity index (χ0) is 15.4. The van der Waals surface area contributed by atoms with Crippen molar-refractivity contribution in [1.29, 1.82) is 0 Å². The van der Waals surface area contributed by atoms with Crippen LogP contribution in [0.25, 0.3) is 0 Å². The van der Waals surface area contributed by atoms with Gasteiger partial charge in [-0.25, -0.2) is 4.79 Å². The summed E-state index contributed by atoms with van der Waals surface area (Å²) in [6, 6.07) is 7.27. The summed E-state index contributed by atoms with van der Waals surface area (Å²) >= 11 is 0. The van der Waals surface area contributed by atoms with Gasteiger partial charge in [-0.1, -0.05) is 12.1 Å². The summed E-state index contributed by atoms with van der Waals surface area (Å²) in [6.07, 6.45) is 3.97. The molecule has 1 aromatic heterocycles. The SMILES string of the molecule is CCn1cc(C(C)N(C)Cc2ccc(C(=O)O)cc2)cn1. The van der Waals surface area contributed by atoms with E-state index in [1.807, 2.05) is 23.0 Å². The van der Waals surface area contributed by atoms with Gasteiger partial charge in [0.05, 0.1) is 11.8 Å². The lowest BCUT2D eigenvalue weighted by atomic mass is 10.1. The van der Waals surface area contributed by atoms with E-state index < -0.39 is 5.97 Å². The van der Waals surface area contributed by atoms with Gasteiger partial charge in [-0.3, -0.25) is 9.58 Å². The Bertz CT molecular complexity index is 604. The van der Waals surface area contributed by atoms with Gasteiger partial charge < -0.3 is 5.11 Å². The Morgan fingerprint density at radius 3 is 2.57 bits per heavy atom. The molecule has 5 heteroatoms. The smallest absolute Gasteiger partial charge is 0.335 e. The summed E-state index contributed by atoms with van der Waals surface area (Å²) in [5.74, 6) is -0.893. The summed E-state index contributed by atoms with van der Waals surface area (Å²) < 4.78 is 1.92. The van der Waals surface area contributed by atoms with E-state index in [9.17, 15) is 4.79 Å². The third kappa shape index (κ3) is 3.70. The number of nitrogens with zero attached hydrogens (tertiary/aromatic N) is 3. The van der Waals surface area contributed by atoms with Crippen LogP contribution in [0.5, 0.6) is 0 Å². The topological polar surface area (TPSA) is 58.4 Å². The fraction of sp³-hybridized carbons (Fsp3) is 0.375. The second kappa shape index (κ2) is 6.54. The lowest BCUT2D eigenvalue weighted by Crippen LogP contribution is -2.21. The van der Waals surface area contributed by atoms with Crippen LogP contribution in [-0.2, 0) is 13.1 Å². The second-order valence-corrected chi connectivity index (χ2v) is 5.22. The first kappa shape index (κ1) is 15.3. The molecule has 0 spiro atoms. The largest absolute Gasteiger partial charge is 0.478 e. The van der Waals surface area contributed by atoms with Gasteiger partial charge in [0.15, 0.2) is 0 Å². The van der Waals surface area contributed by atoms with Crippen LogP contribution in [0.4, 0.5) is 0 Å². The Balaban J connectivity index is 2.02. The molecule has 112 valence electrons. The first-order valence-corrected chi connectivity index (χ1v) is 7.06. The third-order valence-electron chi connectivity index (χ3n) is 3.75. The average molecular weight is 287 g/mol. The molecule has 0 saturated carbocycles. The van der Waals surface area contributed by atoms with Crippen molar-refractivity contribution in [3.05, 3.63) is 53.3 Å². The maximum Gasteiger partial charge on any atom is 0.335 e. The van der Waals surface area contributed by atoms with Gasteiger partial charge in [0.1, 0.15) is 0 Å². The van der Waals surface area contributed by atoms with E-state index in [0.717, 1.165) is 18.7 Å². The second-order valence-electron chi connectivity index (χ2n) is 5.22. The Morgan fingerprint density at radius 2 is 2.05 bits per heavy atom. The van der Waals surface area contributed by atoms with E-state index in [0.29, 0.717) is 5.56 Å². The zero-order valence-electron chi connectivity index (χ0n) is 12.7. The van der Waals surface area contributed by atoms with Crippen molar-refractivity contribution in [2.45, 2.75) is 33.0 Å². The minimum Gasteiger partial charge on any atom is -0.478 e. The highest BCUT2D eigenvalue weighted by Crippen LogP contribution is 2.20. The van der Waals surface area contributed by atoms with Gasteiger partial charge in [0, 0.05) is 30.9 Å². The fourth-order valence-corrected chi connectivity index (χ4v) is 2.20. The van der Waals surface area contributed by atoms with Crippen LogP contribution >= 0.6 is 0 Å². The van der Waals surface area contributed by atoms with E-state index in [4.69, 9.17) is 5.11 Å². The molecule has 1 N–H and O–H groups in total. The lowest BCUT2D eigenvalue weighted by Gasteiger charge is -2.23. The van der Waals surface area contributed by atoms with Crippen molar-refractivity contribution in [1.82, 2.24) is 14.7 Å². The fourth-order valence-electron chi connectivity index (χ4n) is 2.20. The zero-order valence-corrected chi connectivity index (χ0v) is 12.7. The molecule has 0 aliphatic rings. The number of carboxylic acid groups (broad SMARTS) is 1. The molecule has 1 atom stereocenters. The molecule has 1 unspecified atom stereocenters. The Morgan fingerprint density at radius 1 is 1.38 bits per heavy atom. The summed E-state index contributed by atoms with van der Waals surface area (Å²) in [5.41, 5.74) is 2.59. The van der Waals surface area contributed by atoms with E-state index in [1.165, 1.54) is 5.56 Å². The Kier molecular flexibility index (Phi) is 4.75. The van der Waals surface area contributed by atoms with E-state index in [-0.39, 0.29) is 6.04 Å². The first-order chi connectivity index (χ1) is 10.0. The first-order valence-electron chi connectivity index (χ1n) is 7.06. The van der Waals surface area contributed by atoms with Crippen LogP contribution < -0.4 is 0 Å². The number of carboxylic acids is 1. The normalized spacial score (nSPS) is 12.6. The molecule has 0 saturated heterocycles. The predicted octanol–water partition coefficient (Wildman–Crippen LogP) is 2.79. The van der Waals surface area contributed by atoms with Crippen LogP contribution in [0.15, 0.2) is 36.7 Å². The molecular formula is C16H21N3O2. The summed E-state index contributed by atoms with van der Waals surface area (Å²) in [5, 5.41) is 13.2. The Hall–Kier alpha value is -2.14. The van der Waals surface area contributed by atoms with Gasteiger partial charge in [-0.15, -0.1) is 0 Å². The molecule has 21 heavy (non-hydrogen) atoms. The van der Waals surface area contributed by atoms with Gasteiger partial charge >= 0.3 is 5.97 Å². The highest BCUT2D eigenvalue weighted by molar-refractivity contribution is 5.87. The minimum atomic E-state index is -0.893. The molecule has 0 aliphatic heterocycles. The number of hydrogen-bond acceptors (Lipinski definition) is 3. The molecule has 0 bridgehead atoms. The number of hydrogen-bond donors (Lipinski definition) is 1. The van der Waals surface area contributed by atoms with Crippen LogP contribution in [0, 0.1) is 0 Å². The molecule has 2 aromatic rings. The molecule has 1 aromatic carbocycles. The molecule has 5 nitrogen and oxygen atoms in total. The number of aromatic nitrogens is 2. The monoisotopic (exact) mass is 287 g/mol. The van der Waals surface area contributed by atoms with Crippen LogP contribution in [0.3, 0.4) is 0 Å². The average Bonchev–Trinajstić information content (AvgIpc) is 2.95. The molecule has 0 aliphatic carbocycles. The quantitative estimate of drug-likeness (QED) is 0.887.